The van der Waals surface area contributed by atoms with Gasteiger partial charge in [0.2, 0.25) is 11.8 Å². The molecule has 0 spiro atoms. The lowest BCUT2D eigenvalue weighted by Gasteiger charge is -2.12. The smallest absolute Gasteiger partial charge is 0.229 e. The maximum absolute atomic E-state index is 6.21. The van der Waals surface area contributed by atoms with Crippen LogP contribution in [0.15, 0.2) is 104 Å². The van der Waals surface area contributed by atoms with E-state index in [1.165, 1.54) is 0 Å². The van der Waals surface area contributed by atoms with Gasteiger partial charge in [0, 0.05) is 52.4 Å². The molecule has 6 rings (SSSR count). The van der Waals surface area contributed by atoms with Crippen molar-refractivity contribution >= 4 is 39.7 Å². The lowest BCUT2D eigenvalue weighted by Crippen LogP contribution is -2.00. The van der Waals surface area contributed by atoms with Crippen LogP contribution in [0.5, 0.6) is 11.8 Å². The molecule has 0 saturated carbocycles. The number of ether oxygens (including phenoxy) is 1. The fraction of sp³-hybridized carbons (Fsp3) is 0.0333. The summed E-state index contributed by atoms with van der Waals surface area (Å²) >= 11 is 6.21. The summed E-state index contributed by atoms with van der Waals surface area (Å²) in [5, 5.41) is 17.9. The Bertz CT molecular complexity index is 1780. The summed E-state index contributed by atoms with van der Waals surface area (Å²) in [6, 6.07) is 26.9. The second-order valence-corrected chi connectivity index (χ2v) is 9.04. The molecule has 0 amide bonds. The molecule has 0 aliphatic rings. The molecule has 4 aromatic heterocycles. The second kappa shape index (κ2) is 10.7. The van der Waals surface area contributed by atoms with Crippen LogP contribution in [0.3, 0.4) is 0 Å². The highest BCUT2D eigenvalue weighted by Gasteiger charge is 2.13. The zero-order valence-electron chi connectivity index (χ0n) is 20.8. The van der Waals surface area contributed by atoms with E-state index in [-0.39, 0.29) is 0 Å². The van der Waals surface area contributed by atoms with Gasteiger partial charge in [0.05, 0.1) is 11.9 Å². The largest absolute Gasteiger partial charge is 0.420 e. The number of benzene rings is 2. The van der Waals surface area contributed by atoms with Crippen molar-refractivity contribution in [3.8, 4) is 34.1 Å². The lowest BCUT2D eigenvalue weighted by molar-refractivity contribution is 0.447. The Morgan fingerprint density at radius 1 is 0.744 bits per heavy atom. The van der Waals surface area contributed by atoms with Crippen molar-refractivity contribution in [2.75, 3.05) is 17.7 Å². The van der Waals surface area contributed by atoms with E-state index in [2.05, 4.69) is 35.8 Å². The van der Waals surface area contributed by atoms with Gasteiger partial charge in [-0.25, -0.2) is 15.0 Å². The van der Waals surface area contributed by atoms with Gasteiger partial charge in [-0.2, -0.15) is 0 Å². The summed E-state index contributed by atoms with van der Waals surface area (Å²) in [5.41, 5.74) is 4.18. The Labute approximate surface area is 229 Å². The summed E-state index contributed by atoms with van der Waals surface area (Å²) in [7, 11) is 1.83. The number of pyridine rings is 3. The number of halogens is 1. The van der Waals surface area contributed by atoms with Gasteiger partial charge in [0.15, 0.2) is 5.82 Å². The molecule has 0 atom stereocenters. The van der Waals surface area contributed by atoms with Crippen molar-refractivity contribution < 1.29 is 4.74 Å². The van der Waals surface area contributed by atoms with Crippen LogP contribution >= 0.6 is 11.6 Å². The van der Waals surface area contributed by atoms with Crippen LogP contribution in [0.2, 0.25) is 5.02 Å². The van der Waals surface area contributed by atoms with Crippen LogP contribution in [0.25, 0.3) is 33.2 Å². The first-order valence-corrected chi connectivity index (χ1v) is 12.6. The first-order chi connectivity index (χ1) is 19.2. The molecular formula is C30H22ClN7O. The molecule has 39 heavy (non-hydrogen) atoms. The number of aromatic nitrogens is 5. The molecule has 0 radical (unpaired) electrons. The summed E-state index contributed by atoms with van der Waals surface area (Å²) in [6.07, 6.45) is 5.11. The van der Waals surface area contributed by atoms with Gasteiger partial charge in [0.1, 0.15) is 11.5 Å². The molecule has 0 aliphatic carbocycles. The third-order valence-corrected chi connectivity index (χ3v) is 6.32. The highest BCUT2D eigenvalue weighted by atomic mass is 35.5. The zero-order chi connectivity index (χ0) is 26.6. The monoisotopic (exact) mass is 531 g/mol. The first-order valence-electron chi connectivity index (χ1n) is 12.2. The number of nitrogens with one attached hydrogen (secondary N) is 2. The Kier molecular flexibility index (Phi) is 6.67. The van der Waals surface area contributed by atoms with Gasteiger partial charge >= 0.3 is 0 Å². The highest BCUT2D eigenvalue weighted by molar-refractivity contribution is 6.30. The minimum Gasteiger partial charge on any atom is -0.420 e. The van der Waals surface area contributed by atoms with Gasteiger partial charge in [-0.3, -0.25) is 0 Å². The number of anilines is 3. The Hall–Kier alpha value is -5.08. The number of nitrogens with zero attached hydrogens (tertiary/aromatic N) is 5. The van der Waals surface area contributed by atoms with Crippen molar-refractivity contribution in [3.63, 3.8) is 0 Å². The minimum absolute atomic E-state index is 0.413. The van der Waals surface area contributed by atoms with Crippen LogP contribution in [0.1, 0.15) is 0 Å². The molecule has 0 bridgehead atoms. The van der Waals surface area contributed by atoms with Crippen LogP contribution in [-0.4, -0.2) is 32.2 Å². The Balaban J connectivity index is 1.25. The normalized spacial score (nSPS) is 10.8. The van der Waals surface area contributed by atoms with Crippen molar-refractivity contribution in [1.82, 2.24) is 25.1 Å². The van der Waals surface area contributed by atoms with Crippen molar-refractivity contribution in [2.45, 2.75) is 0 Å². The first kappa shape index (κ1) is 24.3. The van der Waals surface area contributed by atoms with E-state index in [0.717, 1.165) is 44.7 Å². The zero-order valence-corrected chi connectivity index (χ0v) is 21.6. The predicted molar refractivity (Wildman–Crippen MR) is 155 cm³/mol. The van der Waals surface area contributed by atoms with Crippen molar-refractivity contribution in [1.29, 1.82) is 0 Å². The van der Waals surface area contributed by atoms with Gasteiger partial charge in [-0.05, 0) is 48.0 Å². The maximum Gasteiger partial charge on any atom is 0.229 e. The fourth-order valence-corrected chi connectivity index (χ4v) is 4.41. The predicted octanol–water partition coefficient (Wildman–Crippen LogP) is 7.38. The van der Waals surface area contributed by atoms with Crippen LogP contribution < -0.4 is 15.4 Å². The number of rotatable bonds is 7. The summed E-state index contributed by atoms with van der Waals surface area (Å²) < 4.78 is 6.06. The Morgan fingerprint density at radius 2 is 1.64 bits per heavy atom. The van der Waals surface area contributed by atoms with E-state index in [1.54, 1.807) is 24.7 Å². The maximum atomic E-state index is 6.21. The molecular weight excluding hydrogens is 510 g/mol. The molecule has 0 aliphatic heterocycles. The average Bonchev–Trinajstić information content (AvgIpc) is 2.98. The minimum atomic E-state index is 0.413. The summed E-state index contributed by atoms with van der Waals surface area (Å²) in [6.45, 7) is 0. The lowest BCUT2D eigenvalue weighted by atomic mass is 10.0. The molecule has 4 heterocycles. The van der Waals surface area contributed by atoms with E-state index in [4.69, 9.17) is 16.3 Å². The molecule has 0 saturated heterocycles. The standard InChI is InChI=1S/C30H22ClN7O/c1-32-26-17-19(13-15-33-26)23-10-5-14-34-30(23)39-27-12-11-22(18-35-27)36-29-25-9-3-2-8-24(25)28(37-38-29)20-6-4-7-21(31)16-20/h2-18H,1H3,(H,32,33)(H,36,38). The van der Waals surface area contributed by atoms with Crippen LogP contribution in [0.4, 0.5) is 17.3 Å². The quantitative estimate of drug-likeness (QED) is 0.220. The third kappa shape index (κ3) is 5.18. The van der Waals surface area contributed by atoms with E-state index < -0.39 is 0 Å². The third-order valence-electron chi connectivity index (χ3n) is 6.08. The summed E-state index contributed by atoms with van der Waals surface area (Å²) in [5.74, 6) is 2.24. The number of fused-ring (bicyclic) bond motifs is 1. The fourth-order valence-electron chi connectivity index (χ4n) is 4.22. The molecule has 190 valence electrons. The van der Waals surface area contributed by atoms with E-state index >= 15 is 0 Å². The van der Waals surface area contributed by atoms with Gasteiger partial charge in [-0.15, -0.1) is 10.2 Å². The molecule has 2 aromatic carbocycles. The van der Waals surface area contributed by atoms with E-state index in [9.17, 15) is 0 Å². The Morgan fingerprint density at radius 3 is 2.46 bits per heavy atom. The molecule has 9 heteroatoms. The van der Waals surface area contributed by atoms with Crippen LogP contribution in [0, 0.1) is 0 Å². The molecule has 0 unspecified atom stereocenters. The molecule has 0 fully saturated rings. The van der Waals surface area contributed by atoms with Gasteiger partial charge in [0.25, 0.3) is 0 Å². The summed E-state index contributed by atoms with van der Waals surface area (Å²) in [4.78, 5) is 13.2. The van der Waals surface area contributed by atoms with Crippen molar-refractivity contribution in [3.05, 3.63) is 109 Å². The van der Waals surface area contributed by atoms with Crippen LogP contribution in [-0.2, 0) is 0 Å². The molecule has 6 aromatic rings. The second-order valence-electron chi connectivity index (χ2n) is 8.60. The van der Waals surface area contributed by atoms with Crippen molar-refractivity contribution in [2.24, 2.45) is 0 Å². The number of hydrogen-bond acceptors (Lipinski definition) is 8. The average molecular weight is 532 g/mol. The van der Waals surface area contributed by atoms with Gasteiger partial charge in [-0.1, -0.05) is 48.0 Å². The number of hydrogen-bond donors (Lipinski definition) is 2. The topological polar surface area (TPSA) is 97.7 Å². The molecule has 8 nitrogen and oxygen atoms in total. The highest BCUT2D eigenvalue weighted by Crippen LogP contribution is 2.34. The molecule has 2 N–H and O–H groups in total. The SMILES string of the molecule is CNc1cc(-c2cccnc2Oc2ccc(Nc3nnc(-c4cccc(Cl)c4)c4ccccc34)cn2)ccn1. The van der Waals surface area contributed by atoms with E-state index in [0.29, 0.717) is 22.6 Å². The van der Waals surface area contributed by atoms with Gasteiger partial charge < -0.3 is 15.4 Å². The van der Waals surface area contributed by atoms with E-state index in [1.807, 2.05) is 85.9 Å².